The molecule has 2 aromatic rings. The highest BCUT2D eigenvalue weighted by atomic mass is 16.5. The van der Waals surface area contributed by atoms with Gasteiger partial charge >= 0.3 is 0 Å². The predicted molar refractivity (Wildman–Crippen MR) is 117 cm³/mol. The van der Waals surface area contributed by atoms with Crippen molar-refractivity contribution < 1.29 is 23.8 Å². The summed E-state index contributed by atoms with van der Waals surface area (Å²) < 4.78 is 16.0. The van der Waals surface area contributed by atoms with Gasteiger partial charge in [-0.1, -0.05) is 0 Å². The molecule has 2 aromatic carbocycles. The number of fused-ring (bicyclic) bond motifs is 1. The molecule has 0 saturated carbocycles. The van der Waals surface area contributed by atoms with Crippen LogP contribution in [0.3, 0.4) is 0 Å². The number of nitrogens with one attached hydrogen (secondary N) is 1. The van der Waals surface area contributed by atoms with Gasteiger partial charge in [-0.3, -0.25) is 9.59 Å². The number of carbonyl (C=O) groups excluding carboxylic acids is 2. The highest BCUT2D eigenvalue weighted by Crippen LogP contribution is 2.38. The zero-order valence-corrected chi connectivity index (χ0v) is 17.7. The molecule has 0 atom stereocenters. The van der Waals surface area contributed by atoms with Gasteiger partial charge in [0.2, 0.25) is 17.6 Å². The van der Waals surface area contributed by atoms with E-state index in [4.69, 9.17) is 14.2 Å². The van der Waals surface area contributed by atoms with Gasteiger partial charge in [0.25, 0.3) is 0 Å². The molecule has 1 N–H and O–H groups in total. The molecule has 0 spiro atoms. The lowest BCUT2D eigenvalue weighted by atomic mass is 10.0. The average molecular weight is 410 g/mol. The van der Waals surface area contributed by atoms with Crippen molar-refractivity contribution in [2.24, 2.45) is 0 Å². The fraction of sp³-hybridized carbons (Fsp3) is 0.304. The smallest absolute Gasteiger partial charge is 0.248 e. The maximum Gasteiger partial charge on any atom is 0.248 e. The van der Waals surface area contributed by atoms with Crippen LogP contribution in [0, 0.1) is 0 Å². The Labute approximate surface area is 176 Å². The maximum atomic E-state index is 12.4. The molecular formula is C23H26N2O5. The lowest BCUT2D eigenvalue weighted by molar-refractivity contribution is -0.118. The molecule has 0 saturated heterocycles. The van der Waals surface area contributed by atoms with Crippen LogP contribution in [-0.4, -0.2) is 39.7 Å². The minimum absolute atomic E-state index is 0.134. The highest BCUT2D eigenvalue weighted by molar-refractivity contribution is 6.03. The van der Waals surface area contributed by atoms with Crippen LogP contribution in [0.4, 0.5) is 11.4 Å². The van der Waals surface area contributed by atoms with Crippen molar-refractivity contribution in [3.05, 3.63) is 47.5 Å². The minimum Gasteiger partial charge on any atom is -0.493 e. The summed E-state index contributed by atoms with van der Waals surface area (Å²) in [7, 11) is 4.62. The summed E-state index contributed by atoms with van der Waals surface area (Å²) in [5.74, 6) is 1.40. The van der Waals surface area contributed by atoms with Crippen molar-refractivity contribution in [1.82, 2.24) is 0 Å². The topological polar surface area (TPSA) is 77.1 Å². The Morgan fingerprint density at radius 1 is 1.07 bits per heavy atom. The average Bonchev–Trinajstić information content (AvgIpc) is 2.76. The second-order valence-corrected chi connectivity index (χ2v) is 6.76. The lowest BCUT2D eigenvalue weighted by Crippen LogP contribution is -2.34. The first-order valence-corrected chi connectivity index (χ1v) is 9.73. The van der Waals surface area contributed by atoms with E-state index in [-0.39, 0.29) is 11.8 Å². The number of hydrogen-bond donors (Lipinski definition) is 1. The minimum atomic E-state index is -0.261. The van der Waals surface area contributed by atoms with Crippen LogP contribution in [0.5, 0.6) is 17.2 Å². The Bertz CT molecular complexity index is 959. The number of nitrogens with zero attached hydrogens (tertiary/aromatic N) is 1. The van der Waals surface area contributed by atoms with Gasteiger partial charge in [0.05, 0.1) is 21.3 Å². The summed E-state index contributed by atoms with van der Waals surface area (Å²) in [6, 6.07) is 9.15. The van der Waals surface area contributed by atoms with E-state index in [1.807, 2.05) is 25.1 Å². The summed E-state index contributed by atoms with van der Waals surface area (Å²) in [5.41, 5.74) is 3.41. The quantitative estimate of drug-likeness (QED) is 0.705. The summed E-state index contributed by atoms with van der Waals surface area (Å²) >= 11 is 0. The second-order valence-electron chi connectivity index (χ2n) is 6.76. The molecular weight excluding hydrogens is 384 g/mol. The Morgan fingerprint density at radius 3 is 2.37 bits per heavy atom. The van der Waals surface area contributed by atoms with Crippen molar-refractivity contribution in [1.29, 1.82) is 0 Å². The van der Waals surface area contributed by atoms with Crippen molar-refractivity contribution >= 4 is 29.3 Å². The zero-order chi connectivity index (χ0) is 21.7. The van der Waals surface area contributed by atoms with Crippen LogP contribution in [-0.2, 0) is 16.0 Å². The first-order chi connectivity index (χ1) is 14.5. The highest BCUT2D eigenvalue weighted by Gasteiger charge is 2.22. The van der Waals surface area contributed by atoms with Gasteiger partial charge in [-0.05, 0) is 60.9 Å². The molecule has 1 heterocycles. The number of carbonyl (C=O) groups is 2. The summed E-state index contributed by atoms with van der Waals surface area (Å²) in [5, 5.41) is 2.87. The number of aryl methyl sites for hydroxylation is 1. The van der Waals surface area contributed by atoms with E-state index in [2.05, 4.69) is 5.32 Å². The molecule has 0 unspecified atom stereocenters. The summed E-state index contributed by atoms with van der Waals surface area (Å²) in [6.07, 6.45) is 4.28. The number of rotatable bonds is 7. The van der Waals surface area contributed by atoms with Crippen LogP contribution in [0.15, 0.2) is 36.4 Å². The molecule has 0 aliphatic carbocycles. The predicted octanol–water partition coefficient (Wildman–Crippen LogP) is 3.66. The Morgan fingerprint density at radius 2 is 1.77 bits per heavy atom. The molecule has 7 nitrogen and oxygen atoms in total. The number of hydrogen-bond acceptors (Lipinski definition) is 5. The van der Waals surface area contributed by atoms with Crippen molar-refractivity contribution in [2.75, 3.05) is 38.1 Å². The molecule has 158 valence electrons. The molecule has 3 rings (SSSR count). The van der Waals surface area contributed by atoms with E-state index < -0.39 is 0 Å². The third-order valence-electron chi connectivity index (χ3n) is 4.98. The Kier molecular flexibility index (Phi) is 6.61. The van der Waals surface area contributed by atoms with Gasteiger partial charge in [0.15, 0.2) is 11.5 Å². The van der Waals surface area contributed by atoms with E-state index >= 15 is 0 Å². The van der Waals surface area contributed by atoms with Crippen molar-refractivity contribution in [2.45, 2.75) is 19.8 Å². The van der Waals surface area contributed by atoms with Crippen LogP contribution in [0.25, 0.3) is 6.08 Å². The van der Waals surface area contributed by atoms with Crippen LogP contribution < -0.4 is 24.4 Å². The van der Waals surface area contributed by atoms with Crippen LogP contribution in [0.2, 0.25) is 0 Å². The summed E-state index contributed by atoms with van der Waals surface area (Å²) in [6.45, 7) is 2.59. The largest absolute Gasteiger partial charge is 0.493 e. The van der Waals surface area contributed by atoms with E-state index in [1.165, 1.54) is 13.2 Å². The Balaban J connectivity index is 1.75. The van der Waals surface area contributed by atoms with Gasteiger partial charge in [-0.2, -0.15) is 0 Å². The molecule has 1 aliphatic heterocycles. The summed E-state index contributed by atoms with van der Waals surface area (Å²) in [4.78, 5) is 26.2. The van der Waals surface area contributed by atoms with Crippen molar-refractivity contribution in [3.63, 3.8) is 0 Å². The maximum absolute atomic E-state index is 12.4. The van der Waals surface area contributed by atoms with Crippen LogP contribution >= 0.6 is 0 Å². The third-order valence-corrected chi connectivity index (χ3v) is 4.98. The first-order valence-electron chi connectivity index (χ1n) is 9.73. The van der Waals surface area contributed by atoms with Gasteiger partial charge in [-0.15, -0.1) is 0 Å². The fourth-order valence-corrected chi connectivity index (χ4v) is 3.54. The molecule has 0 aromatic heterocycles. The standard InChI is InChI=1S/C23H26N2O5/c1-5-25-18-9-8-17(14-16(18)7-11-22(25)27)24-21(26)10-6-15-12-19(28-2)23(30-4)20(13-15)29-3/h6,8-10,12-14H,5,7,11H2,1-4H3,(H,24,26)/b10-6+. The molecule has 0 bridgehead atoms. The van der Waals surface area contributed by atoms with E-state index in [1.54, 1.807) is 37.3 Å². The van der Waals surface area contributed by atoms with Gasteiger partial charge in [0.1, 0.15) is 0 Å². The second kappa shape index (κ2) is 9.35. The van der Waals surface area contributed by atoms with E-state index in [9.17, 15) is 9.59 Å². The molecule has 2 amide bonds. The lowest BCUT2D eigenvalue weighted by Gasteiger charge is -2.28. The molecule has 0 radical (unpaired) electrons. The third kappa shape index (κ3) is 4.40. The Hall–Kier alpha value is -3.48. The molecule has 7 heteroatoms. The number of ether oxygens (including phenoxy) is 3. The molecule has 1 aliphatic rings. The fourth-order valence-electron chi connectivity index (χ4n) is 3.54. The zero-order valence-electron chi connectivity index (χ0n) is 17.7. The van der Waals surface area contributed by atoms with E-state index in [0.29, 0.717) is 42.3 Å². The van der Waals surface area contributed by atoms with E-state index in [0.717, 1.165) is 16.8 Å². The van der Waals surface area contributed by atoms with Gasteiger partial charge < -0.3 is 24.4 Å². The first kappa shape index (κ1) is 21.2. The number of benzene rings is 2. The number of anilines is 2. The van der Waals surface area contributed by atoms with Gasteiger partial charge in [0, 0.05) is 30.4 Å². The normalized spacial score (nSPS) is 13.2. The van der Waals surface area contributed by atoms with Crippen molar-refractivity contribution in [3.8, 4) is 17.2 Å². The monoisotopic (exact) mass is 410 g/mol. The van der Waals surface area contributed by atoms with Gasteiger partial charge in [-0.25, -0.2) is 0 Å². The SMILES string of the molecule is CCN1C(=O)CCc2cc(NC(=O)/C=C/c3cc(OC)c(OC)c(OC)c3)ccc21. The number of amides is 2. The molecule has 30 heavy (non-hydrogen) atoms. The van der Waals surface area contributed by atoms with Crippen LogP contribution in [0.1, 0.15) is 24.5 Å². The number of methoxy groups -OCH3 is 3. The molecule has 0 fully saturated rings.